The molecule has 2 rings (SSSR count). The zero-order valence-electron chi connectivity index (χ0n) is 7.73. The molecule has 13 heavy (non-hydrogen) atoms. The van der Waals surface area contributed by atoms with Gasteiger partial charge >= 0.3 is 0 Å². The van der Waals surface area contributed by atoms with Gasteiger partial charge in [-0.2, -0.15) is 0 Å². The number of aldehydes is 1. The molecule has 1 aliphatic carbocycles. The molecule has 1 unspecified atom stereocenters. The SMILES string of the molecule is Cc1ccc(C(C=O)C2CC2)cn1. The van der Waals surface area contributed by atoms with Gasteiger partial charge in [-0.15, -0.1) is 0 Å². The Labute approximate surface area is 78.0 Å². The summed E-state index contributed by atoms with van der Waals surface area (Å²) in [6.45, 7) is 1.96. The first-order valence-corrected chi connectivity index (χ1v) is 4.69. The predicted molar refractivity (Wildman–Crippen MR) is 50.5 cm³/mol. The van der Waals surface area contributed by atoms with Crippen LogP contribution in [0.2, 0.25) is 0 Å². The summed E-state index contributed by atoms with van der Waals surface area (Å²) in [6, 6.07) is 3.98. The Morgan fingerprint density at radius 2 is 2.31 bits per heavy atom. The second kappa shape index (κ2) is 3.29. The molecule has 2 heteroatoms. The minimum Gasteiger partial charge on any atom is -0.303 e. The average molecular weight is 175 g/mol. The average Bonchev–Trinajstić information content (AvgIpc) is 2.93. The topological polar surface area (TPSA) is 30.0 Å². The van der Waals surface area contributed by atoms with Crippen LogP contribution >= 0.6 is 0 Å². The Hall–Kier alpha value is -1.18. The van der Waals surface area contributed by atoms with Gasteiger partial charge in [-0.25, -0.2) is 0 Å². The summed E-state index contributed by atoms with van der Waals surface area (Å²) in [4.78, 5) is 15.0. The molecule has 1 atom stereocenters. The first-order valence-electron chi connectivity index (χ1n) is 4.69. The van der Waals surface area contributed by atoms with E-state index < -0.39 is 0 Å². The molecule has 1 aromatic rings. The van der Waals surface area contributed by atoms with E-state index in [-0.39, 0.29) is 5.92 Å². The number of nitrogens with zero attached hydrogens (tertiary/aromatic N) is 1. The van der Waals surface area contributed by atoms with E-state index in [0.29, 0.717) is 5.92 Å². The first kappa shape index (κ1) is 8.42. The Balaban J connectivity index is 2.21. The maximum absolute atomic E-state index is 10.8. The number of hydrogen-bond donors (Lipinski definition) is 0. The maximum atomic E-state index is 10.8. The van der Waals surface area contributed by atoms with Crippen LogP contribution in [0.15, 0.2) is 18.3 Å². The van der Waals surface area contributed by atoms with Gasteiger partial charge < -0.3 is 4.79 Å². The van der Waals surface area contributed by atoms with E-state index in [2.05, 4.69) is 4.98 Å². The van der Waals surface area contributed by atoms with E-state index in [1.165, 1.54) is 12.8 Å². The molecule has 0 spiro atoms. The second-order valence-electron chi connectivity index (χ2n) is 3.73. The highest BCUT2D eigenvalue weighted by atomic mass is 16.1. The molecule has 0 amide bonds. The third-order valence-corrected chi connectivity index (χ3v) is 2.60. The fourth-order valence-electron chi connectivity index (χ4n) is 1.59. The van der Waals surface area contributed by atoms with Gasteiger partial charge in [0, 0.05) is 17.8 Å². The van der Waals surface area contributed by atoms with Crippen molar-refractivity contribution < 1.29 is 4.79 Å². The fraction of sp³-hybridized carbons (Fsp3) is 0.455. The molecule has 1 aromatic heterocycles. The molecule has 0 N–H and O–H groups in total. The highest BCUT2D eigenvalue weighted by Gasteiger charge is 2.31. The van der Waals surface area contributed by atoms with E-state index >= 15 is 0 Å². The minimum atomic E-state index is 0.0908. The van der Waals surface area contributed by atoms with Crippen LogP contribution in [0.1, 0.15) is 30.0 Å². The third kappa shape index (κ3) is 1.77. The van der Waals surface area contributed by atoms with Crippen LogP contribution in [0.5, 0.6) is 0 Å². The van der Waals surface area contributed by atoms with Crippen LogP contribution in [-0.4, -0.2) is 11.3 Å². The predicted octanol–water partition coefficient (Wildman–Crippen LogP) is 2.08. The van der Waals surface area contributed by atoms with Gasteiger partial charge in [0.25, 0.3) is 0 Å². The molecule has 1 aliphatic rings. The molecule has 0 aromatic carbocycles. The monoisotopic (exact) mass is 175 g/mol. The van der Waals surface area contributed by atoms with E-state index in [4.69, 9.17) is 0 Å². The van der Waals surface area contributed by atoms with Crippen molar-refractivity contribution in [1.29, 1.82) is 0 Å². The maximum Gasteiger partial charge on any atom is 0.127 e. The number of carbonyl (C=O) groups excluding carboxylic acids is 1. The molecule has 1 fully saturated rings. The first-order chi connectivity index (χ1) is 6.31. The summed E-state index contributed by atoms with van der Waals surface area (Å²) in [5.41, 5.74) is 2.08. The zero-order chi connectivity index (χ0) is 9.26. The molecule has 2 nitrogen and oxygen atoms in total. The molecule has 0 radical (unpaired) electrons. The van der Waals surface area contributed by atoms with Gasteiger partial charge in [0.1, 0.15) is 6.29 Å². The van der Waals surface area contributed by atoms with Crippen molar-refractivity contribution in [2.75, 3.05) is 0 Å². The van der Waals surface area contributed by atoms with Crippen molar-refractivity contribution in [1.82, 2.24) is 4.98 Å². The van der Waals surface area contributed by atoms with Crippen LogP contribution < -0.4 is 0 Å². The lowest BCUT2D eigenvalue weighted by molar-refractivity contribution is -0.109. The number of aryl methyl sites for hydroxylation is 1. The summed E-state index contributed by atoms with van der Waals surface area (Å²) < 4.78 is 0. The lowest BCUT2D eigenvalue weighted by atomic mass is 9.97. The quantitative estimate of drug-likeness (QED) is 0.658. The molecule has 0 bridgehead atoms. The summed E-state index contributed by atoms with van der Waals surface area (Å²) in [5.74, 6) is 0.676. The molecule has 68 valence electrons. The third-order valence-electron chi connectivity index (χ3n) is 2.60. The fourth-order valence-corrected chi connectivity index (χ4v) is 1.59. The van der Waals surface area contributed by atoms with Gasteiger partial charge in [0.05, 0.1) is 0 Å². The van der Waals surface area contributed by atoms with Gasteiger partial charge in [-0.1, -0.05) is 6.07 Å². The number of aromatic nitrogens is 1. The van der Waals surface area contributed by atoms with Gasteiger partial charge in [-0.05, 0) is 37.3 Å². The van der Waals surface area contributed by atoms with Crippen LogP contribution in [-0.2, 0) is 4.79 Å². The van der Waals surface area contributed by atoms with E-state index in [1.807, 2.05) is 25.3 Å². The van der Waals surface area contributed by atoms with Crippen LogP contribution in [0.3, 0.4) is 0 Å². The Bertz CT molecular complexity index is 300. The second-order valence-corrected chi connectivity index (χ2v) is 3.73. The van der Waals surface area contributed by atoms with Crippen LogP contribution in [0.25, 0.3) is 0 Å². The Kier molecular flexibility index (Phi) is 2.13. The van der Waals surface area contributed by atoms with Crippen molar-refractivity contribution >= 4 is 6.29 Å². The summed E-state index contributed by atoms with van der Waals surface area (Å²) in [5, 5.41) is 0. The molecule has 1 saturated carbocycles. The molecule has 0 saturated heterocycles. The highest BCUT2D eigenvalue weighted by molar-refractivity contribution is 5.63. The van der Waals surface area contributed by atoms with E-state index in [1.54, 1.807) is 0 Å². The van der Waals surface area contributed by atoms with Crippen molar-refractivity contribution in [3.63, 3.8) is 0 Å². The smallest absolute Gasteiger partial charge is 0.127 e. The normalized spacial score (nSPS) is 18.2. The Morgan fingerprint density at radius 3 is 2.77 bits per heavy atom. The van der Waals surface area contributed by atoms with Crippen molar-refractivity contribution in [3.8, 4) is 0 Å². The molecular formula is C11H13NO. The summed E-state index contributed by atoms with van der Waals surface area (Å²) in [6.07, 6.45) is 5.27. The van der Waals surface area contributed by atoms with Crippen molar-refractivity contribution in [2.24, 2.45) is 5.92 Å². The number of hydrogen-bond acceptors (Lipinski definition) is 2. The Morgan fingerprint density at radius 1 is 1.54 bits per heavy atom. The lowest BCUT2D eigenvalue weighted by Crippen LogP contribution is -2.03. The number of rotatable bonds is 3. The molecule has 0 aliphatic heterocycles. The van der Waals surface area contributed by atoms with E-state index in [9.17, 15) is 4.79 Å². The number of carbonyl (C=O) groups is 1. The lowest BCUT2D eigenvalue weighted by Gasteiger charge is -2.07. The minimum absolute atomic E-state index is 0.0908. The van der Waals surface area contributed by atoms with Crippen LogP contribution in [0.4, 0.5) is 0 Å². The van der Waals surface area contributed by atoms with Gasteiger partial charge in [0.15, 0.2) is 0 Å². The van der Waals surface area contributed by atoms with Gasteiger partial charge in [-0.3, -0.25) is 4.98 Å². The number of pyridine rings is 1. The summed E-state index contributed by atoms with van der Waals surface area (Å²) in [7, 11) is 0. The zero-order valence-corrected chi connectivity index (χ0v) is 7.73. The van der Waals surface area contributed by atoms with E-state index in [0.717, 1.165) is 17.5 Å². The van der Waals surface area contributed by atoms with Crippen molar-refractivity contribution in [3.05, 3.63) is 29.6 Å². The molecule has 1 heterocycles. The summed E-state index contributed by atoms with van der Waals surface area (Å²) >= 11 is 0. The highest BCUT2D eigenvalue weighted by Crippen LogP contribution is 2.41. The molecular weight excluding hydrogens is 162 g/mol. The van der Waals surface area contributed by atoms with Crippen molar-refractivity contribution in [2.45, 2.75) is 25.7 Å². The largest absolute Gasteiger partial charge is 0.303 e. The van der Waals surface area contributed by atoms with Crippen LogP contribution in [0, 0.1) is 12.8 Å². The standard InChI is InChI=1S/C11H13NO/c1-8-2-3-10(6-12-8)11(7-13)9-4-5-9/h2-3,6-7,9,11H,4-5H2,1H3. The van der Waals surface area contributed by atoms with Gasteiger partial charge in [0.2, 0.25) is 0 Å².